The zero-order chi connectivity index (χ0) is 27.2. The zero-order valence-corrected chi connectivity index (χ0v) is 23.3. The van der Waals surface area contributed by atoms with Crippen LogP contribution in [-0.4, -0.2) is 63.0 Å². The lowest BCUT2D eigenvalue weighted by Crippen LogP contribution is -2.56. The fourth-order valence-electron chi connectivity index (χ4n) is 6.49. The fraction of sp³-hybridized carbons (Fsp3) is 0.581. The van der Waals surface area contributed by atoms with Crippen LogP contribution in [0.15, 0.2) is 42.5 Å². The van der Waals surface area contributed by atoms with Gasteiger partial charge in [0, 0.05) is 69.7 Å². The first-order chi connectivity index (χ1) is 18.9. The molecule has 3 aliphatic heterocycles. The Morgan fingerprint density at radius 1 is 1.08 bits per heavy atom. The lowest BCUT2D eigenvalue weighted by molar-refractivity contribution is -0.160. The number of benzene rings is 2. The van der Waals surface area contributed by atoms with Gasteiger partial charge in [-0.25, -0.2) is 4.39 Å². The summed E-state index contributed by atoms with van der Waals surface area (Å²) in [6.07, 6.45) is 4.72. The van der Waals surface area contributed by atoms with Gasteiger partial charge in [0.15, 0.2) is 5.78 Å². The maximum atomic E-state index is 15.1. The number of carbonyl (C=O) groups excluding carboxylic acids is 1. The number of rotatable bonds is 9. The van der Waals surface area contributed by atoms with Gasteiger partial charge in [0.05, 0.1) is 17.7 Å². The van der Waals surface area contributed by atoms with Gasteiger partial charge < -0.3 is 25.3 Å². The molecule has 0 amide bonds. The van der Waals surface area contributed by atoms with Crippen molar-refractivity contribution < 1.29 is 23.4 Å². The highest BCUT2D eigenvalue weighted by Crippen LogP contribution is 2.36. The normalized spacial score (nSPS) is 23.4. The number of Topliss-reactive ketones (excluding diaryl/α,β-unsaturated/α-hetero) is 1. The Morgan fingerprint density at radius 3 is 2.54 bits per heavy atom. The zero-order valence-electron chi connectivity index (χ0n) is 22.5. The van der Waals surface area contributed by atoms with E-state index in [0.717, 1.165) is 44.3 Å². The van der Waals surface area contributed by atoms with E-state index in [4.69, 9.17) is 31.5 Å². The molecule has 3 saturated heterocycles. The molecule has 2 aromatic rings. The minimum absolute atomic E-state index is 0.00919. The molecule has 8 heteroatoms. The Hall–Kier alpha value is -1.87. The molecule has 3 atom stereocenters. The van der Waals surface area contributed by atoms with Gasteiger partial charge in [-0.05, 0) is 66.5 Å². The van der Waals surface area contributed by atoms with Crippen molar-refractivity contribution in [2.45, 2.75) is 68.6 Å². The van der Waals surface area contributed by atoms with E-state index in [1.807, 2.05) is 30.3 Å². The van der Waals surface area contributed by atoms with Crippen LogP contribution in [0.5, 0.6) is 0 Å². The Kier molecular flexibility index (Phi) is 9.69. The second-order valence-electron chi connectivity index (χ2n) is 11.3. The Bertz CT molecular complexity index is 1100. The molecule has 5 rings (SSSR count). The molecule has 1 spiro atoms. The molecule has 0 radical (unpaired) electrons. The van der Waals surface area contributed by atoms with E-state index in [-0.39, 0.29) is 41.6 Å². The highest BCUT2D eigenvalue weighted by molar-refractivity contribution is 6.30. The lowest BCUT2D eigenvalue weighted by Gasteiger charge is -2.44. The van der Waals surface area contributed by atoms with Gasteiger partial charge in [-0.1, -0.05) is 35.9 Å². The van der Waals surface area contributed by atoms with E-state index < -0.39 is 6.04 Å². The maximum Gasteiger partial charge on any atom is 0.154 e. The van der Waals surface area contributed by atoms with Crippen molar-refractivity contribution in [1.29, 1.82) is 0 Å². The fourth-order valence-corrected chi connectivity index (χ4v) is 6.62. The van der Waals surface area contributed by atoms with E-state index in [0.29, 0.717) is 55.4 Å². The first kappa shape index (κ1) is 28.7. The van der Waals surface area contributed by atoms with Crippen molar-refractivity contribution in [3.05, 3.63) is 70.0 Å². The number of hydrogen-bond acceptors (Lipinski definition) is 6. The summed E-state index contributed by atoms with van der Waals surface area (Å²) in [4.78, 5) is 13.7. The summed E-state index contributed by atoms with van der Waals surface area (Å²) in [6, 6.07) is 11.9. The molecular weight excluding hydrogens is 519 g/mol. The minimum atomic E-state index is -0.704. The van der Waals surface area contributed by atoms with Gasteiger partial charge in [0.1, 0.15) is 5.82 Å². The molecular formula is C31H40ClFN2O4. The summed E-state index contributed by atoms with van der Waals surface area (Å²) in [6.45, 7) is 4.31. The topological polar surface area (TPSA) is 82.8 Å². The number of hydrogen-bond donors (Lipinski definition) is 2. The monoisotopic (exact) mass is 558 g/mol. The first-order valence-corrected chi connectivity index (χ1v) is 14.7. The lowest BCUT2D eigenvalue weighted by atomic mass is 9.75. The number of halogens is 2. The number of carbonyl (C=O) groups is 1. The van der Waals surface area contributed by atoms with Crippen molar-refractivity contribution in [3.63, 3.8) is 0 Å². The quantitative estimate of drug-likeness (QED) is 0.468. The van der Waals surface area contributed by atoms with Crippen molar-refractivity contribution in [1.82, 2.24) is 5.32 Å². The smallest absolute Gasteiger partial charge is 0.154 e. The van der Waals surface area contributed by atoms with E-state index >= 15 is 4.39 Å². The molecule has 212 valence electrons. The van der Waals surface area contributed by atoms with Crippen LogP contribution < -0.4 is 11.1 Å². The third-order valence-electron chi connectivity index (χ3n) is 8.72. The Morgan fingerprint density at radius 2 is 1.79 bits per heavy atom. The van der Waals surface area contributed by atoms with Crippen LogP contribution in [0.4, 0.5) is 4.39 Å². The molecule has 0 unspecified atom stereocenters. The second-order valence-corrected chi connectivity index (χ2v) is 11.7. The van der Waals surface area contributed by atoms with Gasteiger partial charge in [0.2, 0.25) is 0 Å². The van der Waals surface area contributed by atoms with Gasteiger partial charge >= 0.3 is 0 Å². The molecule has 0 aliphatic carbocycles. The molecule has 3 heterocycles. The molecule has 6 nitrogen and oxygen atoms in total. The predicted molar refractivity (Wildman–Crippen MR) is 150 cm³/mol. The largest absolute Gasteiger partial charge is 0.381 e. The highest BCUT2D eigenvalue weighted by Gasteiger charge is 2.39. The molecule has 3 fully saturated rings. The van der Waals surface area contributed by atoms with E-state index in [2.05, 4.69) is 5.32 Å². The third-order valence-corrected chi connectivity index (χ3v) is 8.98. The van der Waals surface area contributed by atoms with Gasteiger partial charge in [-0.2, -0.15) is 0 Å². The molecule has 3 aliphatic rings. The Balaban J connectivity index is 1.28. The van der Waals surface area contributed by atoms with Crippen molar-refractivity contribution in [2.24, 2.45) is 11.7 Å². The average molecular weight is 559 g/mol. The number of nitrogens with one attached hydrogen (secondary N) is 1. The van der Waals surface area contributed by atoms with Crippen molar-refractivity contribution in [2.75, 3.05) is 39.5 Å². The molecule has 0 bridgehead atoms. The highest BCUT2D eigenvalue weighted by atomic mass is 35.5. The summed E-state index contributed by atoms with van der Waals surface area (Å²) < 4.78 is 32.7. The number of ether oxygens (including phenoxy) is 3. The van der Waals surface area contributed by atoms with E-state index in [1.165, 1.54) is 6.07 Å². The minimum Gasteiger partial charge on any atom is -0.381 e. The van der Waals surface area contributed by atoms with Crippen LogP contribution >= 0.6 is 11.6 Å². The van der Waals surface area contributed by atoms with Crippen LogP contribution in [0.3, 0.4) is 0 Å². The van der Waals surface area contributed by atoms with Crippen LogP contribution in [0.1, 0.15) is 54.7 Å². The van der Waals surface area contributed by atoms with Crippen LogP contribution in [0, 0.1) is 11.7 Å². The SMILES string of the molecule is N[C@H](C(=O)Cc1cccc(F)c1CC[C@@H]1CNCC2(CCOCC2)O1)[C@@H](c1ccc(Cl)cc1)C1CCOCC1. The summed E-state index contributed by atoms with van der Waals surface area (Å²) >= 11 is 6.14. The van der Waals surface area contributed by atoms with Crippen LogP contribution in [0.2, 0.25) is 5.02 Å². The molecule has 3 N–H and O–H groups in total. The number of morpholine rings is 1. The van der Waals surface area contributed by atoms with E-state index in [9.17, 15) is 4.79 Å². The summed E-state index contributed by atoms with van der Waals surface area (Å²) in [5, 5.41) is 4.16. The molecule has 39 heavy (non-hydrogen) atoms. The standard InChI is InChI=1S/C31H40ClFN2O4/c32-24-6-4-21(5-7-24)29(22-10-14-37-15-11-22)30(34)28(36)18-23-2-1-3-27(33)26(23)9-8-25-19-35-20-31(39-25)12-16-38-17-13-31/h1-7,22,25,29-30,35H,8-20,34H2/t25-,29+,30-/m1/s1. The number of ketones is 1. The molecule has 0 aromatic heterocycles. The van der Waals surface area contributed by atoms with Crippen LogP contribution in [-0.2, 0) is 31.8 Å². The Labute approximate surface area is 235 Å². The van der Waals surface area contributed by atoms with Crippen LogP contribution in [0.25, 0.3) is 0 Å². The second kappa shape index (κ2) is 13.2. The van der Waals surface area contributed by atoms with Crippen molar-refractivity contribution >= 4 is 17.4 Å². The number of nitrogens with two attached hydrogens (primary N) is 1. The van der Waals surface area contributed by atoms with Gasteiger partial charge in [-0.15, -0.1) is 0 Å². The van der Waals surface area contributed by atoms with Gasteiger partial charge in [0.25, 0.3) is 0 Å². The third kappa shape index (κ3) is 7.07. The summed E-state index contributed by atoms with van der Waals surface area (Å²) in [5.41, 5.74) is 8.83. The maximum absolute atomic E-state index is 15.1. The molecule has 2 aromatic carbocycles. The van der Waals surface area contributed by atoms with Gasteiger partial charge in [-0.3, -0.25) is 4.79 Å². The van der Waals surface area contributed by atoms with Crippen molar-refractivity contribution in [3.8, 4) is 0 Å². The summed E-state index contributed by atoms with van der Waals surface area (Å²) in [7, 11) is 0. The predicted octanol–water partition coefficient (Wildman–Crippen LogP) is 4.60. The first-order valence-electron chi connectivity index (χ1n) is 14.3. The molecule has 0 saturated carbocycles. The van der Waals surface area contributed by atoms with E-state index in [1.54, 1.807) is 6.07 Å². The summed E-state index contributed by atoms with van der Waals surface area (Å²) in [5.74, 6) is -0.269. The average Bonchev–Trinajstić information content (AvgIpc) is 2.95.